The molecule has 0 aliphatic heterocycles. The Bertz CT molecular complexity index is 1710. The van der Waals surface area contributed by atoms with E-state index >= 15 is 0 Å². The normalized spacial score (nSPS) is 11.5. The maximum Gasteiger partial charge on any atom is 0.205 e. The van der Waals surface area contributed by atoms with Crippen LogP contribution in [0, 0.1) is 20.8 Å². The first-order chi connectivity index (χ1) is 18.0. The van der Waals surface area contributed by atoms with E-state index in [9.17, 15) is 0 Å². The molecule has 4 aromatic heterocycles. The topological polar surface area (TPSA) is 103 Å². The maximum atomic E-state index is 4.88. The predicted octanol–water partition coefficient (Wildman–Crippen LogP) is 5.00. The number of tetrazole rings is 1. The van der Waals surface area contributed by atoms with Gasteiger partial charge in [0.2, 0.25) is 5.82 Å². The fraction of sp³-hybridized carbons (Fsp3) is 0.214. The van der Waals surface area contributed by atoms with Crippen LogP contribution < -0.4 is 0 Å². The number of pyridine rings is 1. The molecule has 0 amide bonds. The minimum absolute atomic E-state index is 0.557. The molecule has 0 fully saturated rings. The highest BCUT2D eigenvalue weighted by Gasteiger charge is 2.16. The molecule has 0 spiro atoms. The molecule has 6 aromatic rings. The van der Waals surface area contributed by atoms with Crippen LogP contribution in [0.3, 0.4) is 0 Å². The standard InChI is InChI=1S/C28H27N9/c1-5-25-31-26-17(2)12-18(3)30-28(26)37(25)15-20-6-8-21(9-7-20)24-13-22(36-14-19(4)29-16-36)10-11-23(24)27-32-34-35-33-27/h6-14,16H,5,15H2,1-4H3,(H,32,33,34,35). The molecule has 6 rings (SSSR count). The van der Waals surface area contributed by atoms with E-state index in [1.54, 1.807) is 0 Å². The summed E-state index contributed by atoms with van der Waals surface area (Å²) in [6.07, 6.45) is 4.68. The van der Waals surface area contributed by atoms with Gasteiger partial charge in [0.25, 0.3) is 0 Å². The highest BCUT2D eigenvalue weighted by Crippen LogP contribution is 2.32. The quantitative estimate of drug-likeness (QED) is 0.353. The zero-order chi connectivity index (χ0) is 25.5. The van der Waals surface area contributed by atoms with Gasteiger partial charge in [-0.1, -0.05) is 31.2 Å². The van der Waals surface area contributed by atoms with Gasteiger partial charge in [-0.2, -0.15) is 5.21 Å². The average molecular weight is 490 g/mol. The van der Waals surface area contributed by atoms with E-state index < -0.39 is 0 Å². The number of benzene rings is 2. The second-order valence-electron chi connectivity index (χ2n) is 9.31. The van der Waals surface area contributed by atoms with Crippen LogP contribution >= 0.6 is 0 Å². The zero-order valence-corrected chi connectivity index (χ0v) is 21.3. The van der Waals surface area contributed by atoms with E-state index in [-0.39, 0.29) is 0 Å². The molecule has 0 aliphatic carbocycles. The number of aromatic nitrogens is 9. The monoisotopic (exact) mass is 489 g/mol. The molecule has 9 nitrogen and oxygen atoms in total. The first kappa shape index (κ1) is 22.8. The molecule has 4 heterocycles. The van der Waals surface area contributed by atoms with Gasteiger partial charge in [0.1, 0.15) is 11.3 Å². The van der Waals surface area contributed by atoms with Crippen molar-refractivity contribution in [3.63, 3.8) is 0 Å². The summed E-state index contributed by atoms with van der Waals surface area (Å²) in [5.41, 5.74) is 10.3. The lowest BCUT2D eigenvalue weighted by atomic mass is 9.97. The number of imidazole rings is 2. The minimum Gasteiger partial charge on any atom is -0.308 e. The molecule has 37 heavy (non-hydrogen) atoms. The molecule has 0 radical (unpaired) electrons. The fourth-order valence-corrected chi connectivity index (χ4v) is 4.82. The van der Waals surface area contributed by atoms with Crippen LogP contribution in [0.5, 0.6) is 0 Å². The predicted molar refractivity (Wildman–Crippen MR) is 142 cm³/mol. The molecule has 2 aromatic carbocycles. The van der Waals surface area contributed by atoms with E-state index in [1.807, 2.05) is 43.1 Å². The highest BCUT2D eigenvalue weighted by atomic mass is 15.5. The van der Waals surface area contributed by atoms with Gasteiger partial charge < -0.3 is 9.13 Å². The Morgan fingerprint density at radius 1 is 0.892 bits per heavy atom. The second-order valence-corrected chi connectivity index (χ2v) is 9.31. The Kier molecular flexibility index (Phi) is 5.60. The van der Waals surface area contributed by atoms with Crippen LogP contribution in [0.1, 0.15) is 35.3 Å². The number of nitrogens with zero attached hydrogens (tertiary/aromatic N) is 8. The minimum atomic E-state index is 0.557. The number of hydrogen-bond acceptors (Lipinski definition) is 6. The first-order valence-corrected chi connectivity index (χ1v) is 12.3. The summed E-state index contributed by atoms with van der Waals surface area (Å²) in [4.78, 5) is 14.1. The third-order valence-corrected chi connectivity index (χ3v) is 6.62. The maximum absolute atomic E-state index is 4.88. The Morgan fingerprint density at radius 2 is 1.73 bits per heavy atom. The summed E-state index contributed by atoms with van der Waals surface area (Å²) >= 11 is 0. The van der Waals surface area contributed by atoms with Gasteiger partial charge in [-0.3, -0.25) is 0 Å². The molecule has 0 saturated heterocycles. The third-order valence-electron chi connectivity index (χ3n) is 6.62. The summed E-state index contributed by atoms with van der Waals surface area (Å²) in [6, 6.07) is 16.9. The van der Waals surface area contributed by atoms with Gasteiger partial charge in [-0.05, 0) is 72.5 Å². The fourth-order valence-electron chi connectivity index (χ4n) is 4.82. The van der Waals surface area contributed by atoms with Crippen molar-refractivity contribution in [1.29, 1.82) is 0 Å². The van der Waals surface area contributed by atoms with Crippen LogP contribution in [0.4, 0.5) is 0 Å². The lowest BCUT2D eigenvalue weighted by molar-refractivity contribution is 0.745. The number of aryl methyl sites for hydroxylation is 4. The van der Waals surface area contributed by atoms with Crippen LogP contribution in [0.15, 0.2) is 61.1 Å². The molecule has 184 valence electrons. The summed E-state index contributed by atoms with van der Waals surface area (Å²) < 4.78 is 4.25. The summed E-state index contributed by atoms with van der Waals surface area (Å²) in [6.45, 7) is 8.96. The van der Waals surface area contributed by atoms with Crippen molar-refractivity contribution in [3.05, 3.63) is 89.4 Å². The highest BCUT2D eigenvalue weighted by molar-refractivity contribution is 5.82. The summed E-state index contributed by atoms with van der Waals surface area (Å²) in [5.74, 6) is 1.60. The average Bonchev–Trinajstić information content (AvgIpc) is 3.65. The van der Waals surface area contributed by atoms with Gasteiger partial charge in [0.15, 0.2) is 5.65 Å². The number of nitrogens with one attached hydrogen (secondary N) is 1. The van der Waals surface area contributed by atoms with Gasteiger partial charge in [0.05, 0.1) is 18.6 Å². The van der Waals surface area contributed by atoms with Crippen LogP contribution in [-0.4, -0.2) is 44.7 Å². The van der Waals surface area contributed by atoms with Gasteiger partial charge in [-0.25, -0.2) is 15.0 Å². The van der Waals surface area contributed by atoms with Crippen molar-refractivity contribution < 1.29 is 0 Å². The van der Waals surface area contributed by atoms with Crippen LogP contribution in [0.2, 0.25) is 0 Å². The Hall–Kier alpha value is -4.66. The molecule has 0 atom stereocenters. The van der Waals surface area contributed by atoms with Crippen molar-refractivity contribution >= 4 is 11.2 Å². The molecule has 1 N–H and O–H groups in total. The van der Waals surface area contributed by atoms with Gasteiger partial charge in [0, 0.05) is 29.6 Å². The third kappa shape index (κ3) is 4.18. The van der Waals surface area contributed by atoms with E-state index in [4.69, 9.17) is 9.97 Å². The van der Waals surface area contributed by atoms with E-state index in [1.165, 1.54) is 5.56 Å². The zero-order valence-electron chi connectivity index (χ0n) is 21.3. The number of rotatable bonds is 6. The molecular formula is C28H27N9. The van der Waals surface area contributed by atoms with Crippen LogP contribution in [0.25, 0.3) is 39.4 Å². The number of aromatic amines is 1. The Balaban J connectivity index is 1.39. The van der Waals surface area contributed by atoms with Crippen LogP contribution in [-0.2, 0) is 13.0 Å². The first-order valence-electron chi connectivity index (χ1n) is 12.3. The van der Waals surface area contributed by atoms with Gasteiger partial charge >= 0.3 is 0 Å². The van der Waals surface area contributed by atoms with E-state index in [0.717, 1.165) is 62.7 Å². The van der Waals surface area contributed by atoms with E-state index in [2.05, 4.69) is 80.4 Å². The molecule has 0 bridgehead atoms. The van der Waals surface area contributed by atoms with Crippen molar-refractivity contribution in [2.45, 2.75) is 40.7 Å². The van der Waals surface area contributed by atoms with Crippen molar-refractivity contribution in [2.24, 2.45) is 0 Å². The SMILES string of the molecule is CCc1nc2c(C)cc(C)nc2n1Cc1ccc(-c2cc(-n3cnc(C)c3)ccc2-c2nn[nH]n2)cc1. The molecule has 0 saturated carbocycles. The summed E-state index contributed by atoms with van der Waals surface area (Å²) in [5, 5.41) is 14.8. The second kappa shape index (κ2) is 9.09. The van der Waals surface area contributed by atoms with Crippen molar-refractivity contribution in [2.75, 3.05) is 0 Å². The number of fused-ring (bicyclic) bond motifs is 1. The Labute approximate surface area is 214 Å². The molecule has 0 aliphatic rings. The lowest BCUT2D eigenvalue weighted by Crippen LogP contribution is -2.05. The molecule has 0 unspecified atom stereocenters. The molecular weight excluding hydrogens is 462 g/mol. The van der Waals surface area contributed by atoms with E-state index in [0.29, 0.717) is 12.4 Å². The van der Waals surface area contributed by atoms with Gasteiger partial charge in [-0.15, -0.1) is 10.2 Å². The smallest absolute Gasteiger partial charge is 0.205 e. The van der Waals surface area contributed by atoms with Crippen molar-refractivity contribution in [3.8, 4) is 28.2 Å². The number of H-pyrrole nitrogens is 1. The lowest BCUT2D eigenvalue weighted by Gasteiger charge is -2.12. The summed E-state index contributed by atoms with van der Waals surface area (Å²) in [7, 11) is 0. The Morgan fingerprint density at radius 3 is 2.43 bits per heavy atom. The largest absolute Gasteiger partial charge is 0.308 e. The van der Waals surface area contributed by atoms with Crippen molar-refractivity contribution in [1.82, 2.24) is 44.7 Å². The number of hydrogen-bond donors (Lipinski definition) is 1. The molecule has 9 heteroatoms.